The van der Waals surface area contributed by atoms with Crippen molar-refractivity contribution < 1.29 is 4.79 Å². The van der Waals surface area contributed by atoms with Gasteiger partial charge in [0, 0.05) is 13.0 Å². The predicted octanol–water partition coefficient (Wildman–Crippen LogP) is 0.765. The van der Waals surface area contributed by atoms with Gasteiger partial charge in [-0.1, -0.05) is 24.3 Å². The van der Waals surface area contributed by atoms with Crippen molar-refractivity contribution in [1.82, 2.24) is 10.2 Å². The molecule has 0 spiro atoms. The summed E-state index contributed by atoms with van der Waals surface area (Å²) in [4.78, 5) is 13.6. The largest absolute Gasteiger partial charge is 0.368 e. The van der Waals surface area contributed by atoms with Crippen LogP contribution in [0.1, 0.15) is 16.8 Å². The lowest BCUT2D eigenvalue weighted by atomic mass is 9.93. The fraction of sp³-hybridized carbons (Fsp3) is 0.200. The van der Waals surface area contributed by atoms with E-state index in [1.165, 1.54) is 0 Å². The number of nitriles is 1. The first-order valence-corrected chi connectivity index (χ1v) is 6.55. The highest BCUT2D eigenvalue weighted by Crippen LogP contribution is 2.26. The van der Waals surface area contributed by atoms with E-state index in [4.69, 9.17) is 11.0 Å². The molecule has 1 atom stereocenters. The number of hydrogen-bond acceptors (Lipinski definition) is 5. The second-order valence-electron chi connectivity index (χ2n) is 4.91. The molecule has 6 nitrogen and oxygen atoms in total. The zero-order valence-corrected chi connectivity index (χ0v) is 11.2. The lowest BCUT2D eigenvalue weighted by Gasteiger charge is -2.35. The standard InChI is InChI=1S/C15H13N5O/c16-8-12-5-6-14(19-18-12)20-9-11-4-2-1-3-10(11)7-13(20)15(17)21/h1-6,13H,7,9H2,(H2,17,21)/t13-/m0/s1. The van der Waals surface area contributed by atoms with Gasteiger partial charge in [-0.25, -0.2) is 0 Å². The van der Waals surface area contributed by atoms with Crippen LogP contribution < -0.4 is 10.6 Å². The van der Waals surface area contributed by atoms with Crippen LogP contribution in [0.4, 0.5) is 5.82 Å². The van der Waals surface area contributed by atoms with Crippen molar-refractivity contribution in [2.75, 3.05) is 4.90 Å². The van der Waals surface area contributed by atoms with E-state index in [1.807, 2.05) is 35.2 Å². The van der Waals surface area contributed by atoms with Crippen LogP contribution in [0.15, 0.2) is 36.4 Å². The Hall–Kier alpha value is -2.94. The average molecular weight is 279 g/mol. The van der Waals surface area contributed by atoms with Crippen LogP contribution in [-0.2, 0) is 17.8 Å². The molecular formula is C15H13N5O. The van der Waals surface area contributed by atoms with Crippen LogP contribution in [0.5, 0.6) is 0 Å². The lowest BCUT2D eigenvalue weighted by molar-refractivity contribution is -0.119. The average Bonchev–Trinajstić information content (AvgIpc) is 2.53. The molecule has 0 fully saturated rings. The summed E-state index contributed by atoms with van der Waals surface area (Å²) >= 11 is 0. The first kappa shape index (κ1) is 13.1. The van der Waals surface area contributed by atoms with Gasteiger partial charge in [-0.3, -0.25) is 4.79 Å². The molecule has 0 aliphatic carbocycles. The maximum Gasteiger partial charge on any atom is 0.240 e. The molecule has 1 aliphatic heterocycles. The Morgan fingerprint density at radius 3 is 2.62 bits per heavy atom. The number of anilines is 1. The van der Waals surface area contributed by atoms with E-state index in [2.05, 4.69) is 10.2 Å². The molecule has 1 aromatic carbocycles. The summed E-state index contributed by atoms with van der Waals surface area (Å²) in [6.45, 7) is 0.546. The van der Waals surface area contributed by atoms with E-state index in [0.29, 0.717) is 18.8 Å². The van der Waals surface area contributed by atoms with E-state index >= 15 is 0 Å². The molecule has 6 heteroatoms. The zero-order valence-electron chi connectivity index (χ0n) is 11.2. The molecule has 0 saturated heterocycles. The predicted molar refractivity (Wildman–Crippen MR) is 76.1 cm³/mol. The molecule has 2 aromatic rings. The summed E-state index contributed by atoms with van der Waals surface area (Å²) in [5, 5.41) is 16.6. The number of carbonyl (C=O) groups is 1. The van der Waals surface area contributed by atoms with Crippen molar-refractivity contribution in [2.24, 2.45) is 5.73 Å². The minimum atomic E-state index is -0.456. The molecule has 1 aliphatic rings. The van der Waals surface area contributed by atoms with Crippen LogP contribution >= 0.6 is 0 Å². The Labute approximate surface area is 121 Å². The van der Waals surface area contributed by atoms with Gasteiger partial charge in [0.25, 0.3) is 0 Å². The summed E-state index contributed by atoms with van der Waals surface area (Å²) in [6.07, 6.45) is 0.549. The Morgan fingerprint density at radius 1 is 1.24 bits per heavy atom. The summed E-state index contributed by atoms with van der Waals surface area (Å²) in [7, 11) is 0. The number of aromatic nitrogens is 2. The second-order valence-corrected chi connectivity index (χ2v) is 4.91. The van der Waals surface area contributed by atoms with Gasteiger partial charge in [0.2, 0.25) is 5.91 Å². The molecule has 0 saturated carbocycles. The fourth-order valence-corrected chi connectivity index (χ4v) is 2.56. The highest BCUT2D eigenvalue weighted by molar-refractivity contribution is 5.84. The van der Waals surface area contributed by atoms with E-state index in [-0.39, 0.29) is 5.69 Å². The number of carbonyl (C=O) groups excluding carboxylic acids is 1. The highest BCUT2D eigenvalue weighted by Gasteiger charge is 2.31. The Bertz CT molecular complexity index is 720. The number of nitrogens with zero attached hydrogens (tertiary/aromatic N) is 4. The summed E-state index contributed by atoms with van der Waals surface area (Å²) in [6, 6.07) is 12.7. The molecule has 0 radical (unpaired) electrons. The molecule has 21 heavy (non-hydrogen) atoms. The van der Waals surface area contributed by atoms with Crippen LogP contribution in [0, 0.1) is 11.3 Å². The molecule has 1 aromatic heterocycles. The third-order valence-electron chi connectivity index (χ3n) is 3.64. The zero-order chi connectivity index (χ0) is 14.8. The summed E-state index contributed by atoms with van der Waals surface area (Å²) in [5.41, 5.74) is 8.03. The fourth-order valence-electron chi connectivity index (χ4n) is 2.56. The number of benzene rings is 1. The lowest BCUT2D eigenvalue weighted by Crippen LogP contribution is -2.49. The van der Waals surface area contributed by atoms with E-state index in [1.54, 1.807) is 12.1 Å². The van der Waals surface area contributed by atoms with Crippen LogP contribution in [-0.4, -0.2) is 22.1 Å². The molecule has 2 N–H and O–H groups in total. The number of nitrogens with two attached hydrogens (primary N) is 1. The minimum absolute atomic E-state index is 0.242. The topological polar surface area (TPSA) is 95.9 Å². The smallest absolute Gasteiger partial charge is 0.240 e. The van der Waals surface area contributed by atoms with Gasteiger partial charge in [0.15, 0.2) is 11.5 Å². The van der Waals surface area contributed by atoms with Gasteiger partial charge in [0.05, 0.1) is 0 Å². The highest BCUT2D eigenvalue weighted by atomic mass is 16.1. The number of hydrogen-bond donors (Lipinski definition) is 1. The van der Waals surface area contributed by atoms with Crippen molar-refractivity contribution >= 4 is 11.7 Å². The quantitative estimate of drug-likeness (QED) is 0.875. The summed E-state index contributed by atoms with van der Waals surface area (Å²) < 4.78 is 0. The first-order chi connectivity index (χ1) is 10.2. The summed E-state index contributed by atoms with van der Waals surface area (Å²) in [5.74, 6) is 0.156. The van der Waals surface area contributed by atoms with Crippen LogP contribution in [0.2, 0.25) is 0 Å². The third kappa shape index (κ3) is 2.41. The number of amides is 1. The van der Waals surface area contributed by atoms with Crippen LogP contribution in [0.3, 0.4) is 0 Å². The maximum atomic E-state index is 11.8. The second kappa shape index (κ2) is 5.21. The van der Waals surface area contributed by atoms with Gasteiger partial charge in [0.1, 0.15) is 12.1 Å². The SMILES string of the molecule is N#Cc1ccc(N2Cc3ccccc3C[C@H]2C(N)=O)nn1. The van der Waals surface area contributed by atoms with Crippen LogP contribution in [0.25, 0.3) is 0 Å². The Morgan fingerprint density at radius 2 is 2.00 bits per heavy atom. The van der Waals surface area contributed by atoms with Gasteiger partial charge in [-0.05, 0) is 23.3 Å². The molecule has 0 bridgehead atoms. The van der Waals surface area contributed by atoms with Crippen molar-refractivity contribution in [3.63, 3.8) is 0 Å². The number of primary amides is 1. The molecule has 1 amide bonds. The molecule has 3 rings (SSSR count). The molecule has 104 valence electrons. The minimum Gasteiger partial charge on any atom is -0.368 e. The molecule has 2 heterocycles. The van der Waals surface area contributed by atoms with Gasteiger partial charge in [-0.15, -0.1) is 10.2 Å². The van der Waals surface area contributed by atoms with Crippen molar-refractivity contribution in [3.8, 4) is 6.07 Å². The monoisotopic (exact) mass is 279 g/mol. The van der Waals surface area contributed by atoms with Gasteiger partial charge >= 0.3 is 0 Å². The first-order valence-electron chi connectivity index (χ1n) is 6.55. The van der Waals surface area contributed by atoms with Crippen molar-refractivity contribution in [3.05, 3.63) is 53.2 Å². The van der Waals surface area contributed by atoms with Gasteiger partial charge in [-0.2, -0.15) is 5.26 Å². The maximum absolute atomic E-state index is 11.8. The van der Waals surface area contributed by atoms with E-state index in [0.717, 1.165) is 11.1 Å². The van der Waals surface area contributed by atoms with Gasteiger partial charge < -0.3 is 10.6 Å². The van der Waals surface area contributed by atoms with E-state index in [9.17, 15) is 4.79 Å². The van der Waals surface area contributed by atoms with Crippen molar-refractivity contribution in [1.29, 1.82) is 5.26 Å². The number of rotatable bonds is 2. The molecule has 0 unspecified atom stereocenters. The van der Waals surface area contributed by atoms with E-state index < -0.39 is 11.9 Å². The Balaban J connectivity index is 1.99. The Kier molecular flexibility index (Phi) is 3.24. The normalized spacial score (nSPS) is 16.9. The number of fused-ring (bicyclic) bond motifs is 1. The third-order valence-corrected chi connectivity index (χ3v) is 3.64. The van der Waals surface area contributed by atoms with Crippen molar-refractivity contribution in [2.45, 2.75) is 19.0 Å². The molecular weight excluding hydrogens is 266 g/mol.